The van der Waals surface area contributed by atoms with Gasteiger partial charge in [-0.25, -0.2) is 4.98 Å². The van der Waals surface area contributed by atoms with Gasteiger partial charge in [0.1, 0.15) is 4.88 Å². The van der Waals surface area contributed by atoms with Gasteiger partial charge in [-0.1, -0.05) is 32.9 Å². The maximum Gasteiger partial charge on any atom is 0.263 e. The van der Waals surface area contributed by atoms with Crippen LogP contribution < -0.4 is 10.6 Å². The summed E-state index contributed by atoms with van der Waals surface area (Å²) in [5.74, 6) is 0.198. The minimum Gasteiger partial charge on any atom is -0.347 e. The summed E-state index contributed by atoms with van der Waals surface area (Å²) in [7, 11) is 0. The van der Waals surface area contributed by atoms with Gasteiger partial charge in [-0.3, -0.25) is 9.59 Å². The highest BCUT2D eigenvalue weighted by Crippen LogP contribution is 2.15. The van der Waals surface area contributed by atoms with Crippen molar-refractivity contribution in [1.82, 2.24) is 10.3 Å². The Morgan fingerprint density at radius 3 is 2.75 bits per heavy atom. The largest absolute Gasteiger partial charge is 0.347 e. The predicted octanol–water partition coefficient (Wildman–Crippen LogP) is 3.62. The lowest BCUT2D eigenvalue weighted by Crippen LogP contribution is -2.22. The van der Waals surface area contributed by atoms with Gasteiger partial charge < -0.3 is 10.6 Å². The molecule has 0 bridgehead atoms. The smallest absolute Gasteiger partial charge is 0.263 e. The van der Waals surface area contributed by atoms with Crippen molar-refractivity contribution in [3.63, 3.8) is 0 Å². The van der Waals surface area contributed by atoms with Crippen LogP contribution in [0.15, 0.2) is 30.5 Å². The minimum absolute atomic E-state index is 0.00272. The summed E-state index contributed by atoms with van der Waals surface area (Å²) in [4.78, 5) is 28.8. The lowest BCUT2D eigenvalue weighted by Gasteiger charge is -2.09. The van der Waals surface area contributed by atoms with Gasteiger partial charge in [0.25, 0.3) is 5.91 Å². The fourth-order valence-corrected chi connectivity index (χ4v) is 2.96. The number of hydrogen-bond donors (Lipinski definition) is 2. The first kappa shape index (κ1) is 18.1. The van der Waals surface area contributed by atoms with E-state index in [1.807, 2.05) is 45.0 Å². The number of nitrogens with one attached hydrogen (secondary N) is 2. The van der Waals surface area contributed by atoms with E-state index in [1.54, 1.807) is 6.20 Å². The number of benzene rings is 1. The van der Waals surface area contributed by atoms with E-state index in [0.29, 0.717) is 23.8 Å². The quantitative estimate of drug-likeness (QED) is 0.805. The predicted molar refractivity (Wildman–Crippen MR) is 97.2 cm³/mol. The maximum absolute atomic E-state index is 12.1. The first-order valence-electron chi connectivity index (χ1n) is 8.09. The van der Waals surface area contributed by atoms with Crippen LogP contribution in [0.2, 0.25) is 0 Å². The van der Waals surface area contributed by atoms with Crippen molar-refractivity contribution in [2.24, 2.45) is 5.92 Å². The number of amides is 2. The average Bonchev–Trinajstić information content (AvgIpc) is 3.01. The van der Waals surface area contributed by atoms with Gasteiger partial charge in [-0.2, -0.15) is 0 Å². The van der Waals surface area contributed by atoms with Crippen LogP contribution in [0.25, 0.3) is 0 Å². The highest BCUT2D eigenvalue weighted by atomic mass is 32.1. The molecule has 0 spiro atoms. The van der Waals surface area contributed by atoms with Gasteiger partial charge >= 0.3 is 0 Å². The van der Waals surface area contributed by atoms with Crippen molar-refractivity contribution < 1.29 is 9.59 Å². The minimum atomic E-state index is -0.124. The topological polar surface area (TPSA) is 71.1 Å². The Morgan fingerprint density at radius 2 is 2.08 bits per heavy atom. The summed E-state index contributed by atoms with van der Waals surface area (Å²) in [5, 5.41) is 6.72. The lowest BCUT2D eigenvalue weighted by molar-refractivity contribution is -0.116. The highest BCUT2D eigenvalue weighted by molar-refractivity contribution is 7.13. The van der Waals surface area contributed by atoms with Crippen molar-refractivity contribution in [3.05, 3.63) is 45.9 Å². The molecule has 128 valence electrons. The Balaban J connectivity index is 1.92. The Kier molecular flexibility index (Phi) is 6.49. The summed E-state index contributed by atoms with van der Waals surface area (Å²) in [6.07, 6.45) is 2.93. The maximum atomic E-state index is 12.1. The van der Waals surface area contributed by atoms with Crippen molar-refractivity contribution in [3.8, 4) is 0 Å². The molecule has 2 aromatic rings. The summed E-state index contributed by atoms with van der Waals surface area (Å²) in [5.41, 5.74) is 1.68. The van der Waals surface area contributed by atoms with Crippen LogP contribution in [0.1, 0.15) is 47.4 Å². The molecule has 1 heterocycles. The molecule has 1 aromatic carbocycles. The third-order valence-corrected chi connectivity index (χ3v) is 4.48. The molecule has 0 saturated carbocycles. The van der Waals surface area contributed by atoms with E-state index in [-0.39, 0.29) is 11.8 Å². The van der Waals surface area contributed by atoms with Crippen LogP contribution in [0.4, 0.5) is 5.69 Å². The molecule has 24 heavy (non-hydrogen) atoms. The second-order valence-electron chi connectivity index (χ2n) is 6.00. The molecule has 2 rings (SSSR count). The molecule has 0 aliphatic carbocycles. The Morgan fingerprint density at radius 1 is 1.29 bits per heavy atom. The van der Waals surface area contributed by atoms with Gasteiger partial charge in [-0.05, 0) is 30.0 Å². The van der Waals surface area contributed by atoms with Crippen molar-refractivity contribution in [1.29, 1.82) is 0 Å². The van der Waals surface area contributed by atoms with Crippen LogP contribution in [0.5, 0.6) is 0 Å². The first-order valence-corrected chi connectivity index (χ1v) is 8.91. The summed E-state index contributed by atoms with van der Waals surface area (Å²) in [6.45, 7) is 6.44. The third kappa shape index (κ3) is 5.45. The van der Waals surface area contributed by atoms with Gasteiger partial charge in [0, 0.05) is 18.7 Å². The molecular formula is C18H23N3O2S. The van der Waals surface area contributed by atoms with Gasteiger partial charge in [-0.15, -0.1) is 11.3 Å². The van der Waals surface area contributed by atoms with Gasteiger partial charge in [0.15, 0.2) is 0 Å². The standard InChI is InChI=1S/C18H23N3O2S/c1-4-17-19-11-15(24-17)18(23)20-10-13-6-5-7-14(9-13)21-16(22)8-12(2)3/h5-7,9,11-12H,4,8,10H2,1-3H3,(H,20,23)(H,21,22). The normalized spacial score (nSPS) is 10.7. The first-order chi connectivity index (χ1) is 11.5. The Hall–Kier alpha value is -2.21. The van der Waals surface area contributed by atoms with Crippen LogP contribution in [0, 0.1) is 5.92 Å². The van der Waals surface area contributed by atoms with Gasteiger partial charge in [0.05, 0.1) is 11.2 Å². The summed E-state index contributed by atoms with van der Waals surface area (Å²) in [6, 6.07) is 7.51. The molecule has 0 fully saturated rings. The molecule has 0 unspecified atom stereocenters. The van der Waals surface area contributed by atoms with E-state index in [1.165, 1.54) is 11.3 Å². The molecule has 0 aliphatic rings. The van der Waals surface area contributed by atoms with E-state index < -0.39 is 0 Å². The van der Waals surface area contributed by atoms with Crippen molar-refractivity contribution in [2.45, 2.75) is 40.2 Å². The molecule has 0 aliphatic heterocycles. The molecule has 0 saturated heterocycles. The van der Waals surface area contributed by atoms with Gasteiger partial charge in [0.2, 0.25) is 5.91 Å². The molecule has 0 radical (unpaired) electrons. The summed E-state index contributed by atoms with van der Waals surface area (Å²) < 4.78 is 0. The fourth-order valence-electron chi connectivity index (χ4n) is 2.19. The van der Waals surface area contributed by atoms with Crippen LogP contribution in [-0.4, -0.2) is 16.8 Å². The number of thiazole rings is 1. The second-order valence-corrected chi connectivity index (χ2v) is 7.12. The zero-order chi connectivity index (χ0) is 17.5. The number of anilines is 1. The number of carbonyl (C=O) groups excluding carboxylic acids is 2. The van der Waals surface area contributed by atoms with E-state index in [9.17, 15) is 9.59 Å². The molecule has 2 N–H and O–H groups in total. The fraction of sp³-hybridized carbons (Fsp3) is 0.389. The molecule has 0 atom stereocenters. The molecule has 5 nitrogen and oxygen atoms in total. The summed E-state index contributed by atoms with van der Waals surface area (Å²) >= 11 is 1.41. The van der Waals surface area contributed by atoms with E-state index in [4.69, 9.17) is 0 Å². The van der Waals surface area contributed by atoms with Crippen molar-refractivity contribution in [2.75, 3.05) is 5.32 Å². The zero-order valence-electron chi connectivity index (χ0n) is 14.3. The number of carbonyl (C=O) groups is 2. The van der Waals surface area contributed by atoms with Crippen LogP contribution in [0.3, 0.4) is 0 Å². The Labute approximate surface area is 146 Å². The third-order valence-electron chi connectivity index (χ3n) is 3.34. The van der Waals surface area contributed by atoms with E-state index >= 15 is 0 Å². The monoisotopic (exact) mass is 345 g/mol. The van der Waals surface area contributed by atoms with Crippen LogP contribution >= 0.6 is 11.3 Å². The number of aryl methyl sites for hydroxylation is 1. The number of hydrogen-bond acceptors (Lipinski definition) is 4. The highest BCUT2D eigenvalue weighted by Gasteiger charge is 2.10. The average molecular weight is 345 g/mol. The molecule has 1 aromatic heterocycles. The molecule has 6 heteroatoms. The zero-order valence-corrected chi connectivity index (χ0v) is 15.1. The van der Waals surface area contributed by atoms with E-state index in [0.717, 1.165) is 22.7 Å². The number of rotatable bonds is 7. The van der Waals surface area contributed by atoms with Crippen LogP contribution in [-0.2, 0) is 17.8 Å². The van der Waals surface area contributed by atoms with Crippen molar-refractivity contribution >= 4 is 28.8 Å². The molecular weight excluding hydrogens is 322 g/mol. The van der Waals surface area contributed by atoms with E-state index in [2.05, 4.69) is 15.6 Å². The number of nitrogens with zero attached hydrogens (tertiary/aromatic N) is 1. The number of aromatic nitrogens is 1. The Bertz CT molecular complexity index is 710. The molecule has 2 amide bonds. The second kappa shape index (κ2) is 8.59. The SMILES string of the molecule is CCc1ncc(C(=O)NCc2cccc(NC(=O)CC(C)C)c2)s1. The lowest BCUT2D eigenvalue weighted by atomic mass is 10.1.